The maximum atomic E-state index is 4.88. The van der Waals surface area contributed by atoms with Gasteiger partial charge < -0.3 is 0 Å². The summed E-state index contributed by atoms with van der Waals surface area (Å²) >= 11 is 0. The Morgan fingerprint density at radius 1 is 0.833 bits per heavy atom. The zero-order valence-electron chi connectivity index (χ0n) is 15.2. The van der Waals surface area contributed by atoms with E-state index in [1.54, 1.807) is 0 Å². The Morgan fingerprint density at radius 2 is 1.58 bits per heavy atom. The average Bonchev–Trinajstić information content (AvgIpc) is 2.54. The van der Waals surface area contributed by atoms with Gasteiger partial charge in [0, 0.05) is 34.9 Å². The summed E-state index contributed by atoms with van der Waals surface area (Å²) in [5.74, 6) is 0. The molecule has 121 valence electrons. The number of aromatic nitrogens is 3. The topological polar surface area (TPSA) is 38.7 Å². The van der Waals surface area contributed by atoms with Crippen LogP contribution in [-0.2, 0) is 0 Å². The number of rotatable bonds is 2. The zero-order valence-corrected chi connectivity index (χ0v) is 15.2. The van der Waals surface area contributed by atoms with Crippen molar-refractivity contribution >= 4 is 0 Å². The van der Waals surface area contributed by atoms with E-state index in [9.17, 15) is 0 Å². The fraction of sp³-hybridized carbons (Fsp3) is 0.286. The summed E-state index contributed by atoms with van der Waals surface area (Å²) in [6.07, 6.45) is 3.70. The number of nitrogens with zero attached hydrogens (tertiary/aromatic N) is 3. The van der Waals surface area contributed by atoms with E-state index in [-0.39, 0.29) is 0 Å². The van der Waals surface area contributed by atoms with E-state index in [1.165, 1.54) is 11.1 Å². The predicted molar refractivity (Wildman–Crippen MR) is 98.0 cm³/mol. The molecule has 0 spiro atoms. The summed E-state index contributed by atoms with van der Waals surface area (Å²) in [5, 5.41) is 0. The van der Waals surface area contributed by atoms with E-state index < -0.39 is 0 Å². The second-order valence-electron chi connectivity index (χ2n) is 6.41. The number of pyridine rings is 3. The second kappa shape index (κ2) is 6.16. The first-order valence-corrected chi connectivity index (χ1v) is 8.15. The van der Waals surface area contributed by atoms with Gasteiger partial charge in [-0.3, -0.25) is 15.0 Å². The summed E-state index contributed by atoms with van der Waals surface area (Å²) in [6.45, 7) is 12.4. The van der Waals surface area contributed by atoms with Gasteiger partial charge in [-0.1, -0.05) is 0 Å². The van der Waals surface area contributed by atoms with Crippen LogP contribution in [0.4, 0.5) is 0 Å². The summed E-state index contributed by atoms with van der Waals surface area (Å²) in [6, 6.07) is 7.64. The van der Waals surface area contributed by atoms with Crippen LogP contribution in [0.3, 0.4) is 0 Å². The highest BCUT2D eigenvalue weighted by molar-refractivity contribution is 5.73. The minimum atomic E-state index is 0.954. The van der Waals surface area contributed by atoms with Crippen molar-refractivity contribution in [1.29, 1.82) is 0 Å². The first-order valence-electron chi connectivity index (χ1n) is 8.15. The molecule has 3 rings (SSSR count). The van der Waals surface area contributed by atoms with Crippen LogP contribution in [0.5, 0.6) is 0 Å². The van der Waals surface area contributed by atoms with Crippen molar-refractivity contribution in [3.05, 3.63) is 64.2 Å². The molecule has 1 radical (unpaired) electrons. The van der Waals surface area contributed by atoms with Gasteiger partial charge in [0.2, 0.25) is 0 Å². The average molecular weight is 316 g/mol. The third-order valence-electron chi connectivity index (χ3n) is 4.51. The summed E-state index contributed by atoms with van der Waals surface area (Å²) in [4.78, 5) is 13.9. The second-order valence-corrected chi connectivity index (χ2v) is 6.41. The summed E-state index contributed by atoms with van der Waals surface area (Å²) < 4.78 is 0. The maximum absolute atomic E-state index is 4.88. The highest BCUT2D eigenvalue weighted by Crippen LogP contribution is 2.31. The smallest absolute Gasteiger partial charge is 0.0921 e. The fourth-order valence-corrected chi connectivity index (χ4v) is 2.91. The lowest BCUT2D eigenvalue weighted by molar-refractivity contribution is 1.12. The standard InChI is InChI=1S/C21H22N3/c1-12-9-18(16(5)23-11-12)19-10-14(3)20(24-17(19)6)21-15(4)13(2)7-8-22-21/h7-8,10-11H,1-6H3. The largest absolute Gasteiger partial charge is 0.261 e. The number of hydrogen-bond donors (Lipinski definition) is 0. The minimum absolute atomic E-state index is 0.954. The third kappa shape index (κ3) is 2.82. The lowest BCUT2D eigenvalue weighted by Gasteiger charge is -2.14. The molecule has 24 heavy (non-hydrogen) atoms. The molecule has 0 saturated heterocycles. The Bertz CT molecular complexity index is 899. The maximum Gasteiger partial charge on any atom is 0.0921 e. The molecule has 0 saturated carbocycles. The van der Waals surface area contributed by atoms with Gasteiger partial charge in [0.1, 0.15) is 0 Å². The minimum Gasteiger partial charge on any atom is -0.261 e. The molecule has 3 heteroatoms. The Balaban J connectivity index is 2.20. The van der Waals surface area contributed by atoms with Crippen LogP contribution in [0.1, 0.15) is 33.6 Å². The Kier molecular flexibility index (Phi) is 4.18. The van der Waals surface area contributed by atoms with E-state index in [0.717, 1.165) is 45.0 Å². The molecule has 0 N–H and O–H groups in total. The quantitative estimate of drug-likeness (QED) is 0.678. The van der Waals surface area contributed by atoms with Crippen LogP contribution in [0, 0.1) is 47.6 Å². The van der Waals surface area contributed by atoms with Crippen molar-refractivity contribution in [3.63, 3.8) is 0 Å². The lowest BCUT2D eigenvalue weighted by atomic mass is 9.97. The SMILES string of the molecule is Cc1[c]c(-c2cc(C)c(-c3nccc(C)c3C)nc2C)c(C)nc1. The molecule has 0 aromatic carbocycles. The van der Waals surface area contributed by atoms with E-state index in [0.29, 0.717) is 0 Å². The molecule has 0 atom stereocenters. The Morgan fingerprint density at radius 3 is 2.33 bits per heavy atom. The van der Waals surface area contributed by atoms with Gasteiger partial charge in [-0.25, -0.2) is 0 Å². The number of aryl methyl sites for hydroxylation is 5. The van der Waals surface area contributed by atoms with Crippen LogP contribution in [0.25, 0.3) is 22.5 Å². The van der Waals surface area contributed by atoms with E-state index in [2.05, 4.69) is 42.9 Å². The monoisotopic (exact) mass is 316 g/mol. The molecule has 3 heterocycles. The lowest BCUT2D eigenvalue weighted by Crippen LogP contribution is -2.01. The fourth-order valence-electron chi connectivity index (χ4n) is 2.91. The molecule has 0 aliphatic heterocycles. The number of hydrogen-bond acceptors (Lipinski definition) is 3. The molecule has 3 nitrogen and oxygen atoms in total. The molecule has 0 amide bonds. The molecule has 0 unspecified atom stereocenters. The van der Waals surface area contributed by atoms with Crippen molar-refractivity contribution in [2.75, 3.05) is 0 Å². The van der Waals surface area contributed by atoms with Crippen LogP contribution in [0.2, 0.25) is 0 Å². The Labute approximate surface area is 143 Å². The van der Waals surface area contributed by atoms with Gasteiger partial charge in [0.15, 0.2) is 0 Å². The van der Waals surface area contributed by atoms with E-state index >= 15 is 0 Å². The molecule has 0 aliphatic rings. The van der Waals surface area contributed by atoms with Gasteiger partial charge in [-0.05, 0) is 82.0 Å². The van der Waals surface area contributed by atoms with Crippen LogP contribution in [0.15, 0.2) is 24.5 Å². The van der Waals surface area contributed by atoms with E-state index in [4.69, 9.17) is 4.98 Å². The van der Waals surface area contributed by atoms with Gasteiger partial charge in [0.25, 0.3) is 0 Å². The first kappa shape index (κ1) is 16.3. The predicted octanol–water partition coefficient (Wildman–Crippen LogP) is 4.86. The van der Waals surface area contributed by atoms with Crippen LogP contribution < -0.4 is 0 Å². The van der Waals surface area contributed by atoms with Crippen molar-refractivity contribution in [1.82, 2.24) is 15.0 Å². The normalized spacial score (nSPS) is 10.9. The van der Waals surface area contributed by atoms with Gasteiger partial charge in [-0.15, -0.1) is 0 Å². The molecule has 3 aromatic rings. The third-order valence-corrected chi connectivity index (χ3v) is 4.51. The first-order chi connectivity index (χ1) is 11.4. The molecule has 0 bridgehead atoms. The van der Waals surface area contributed by atoms with Crippen LogP contribution in [-0.4, -0.2) is 15.0 Å². The van der Waals surface area contributed by atoms with Crippen molar-refractivity contribution in [2.45, 2.75) is 41.5 Å². The van der Waals surface area contributed by atoms with E-state index in [1.807, 2.05) is 39.2 Å². The molecule has 3 aromatic heterocycles. The van der Waals surface area contributed by atoms with Crippen molar-refractivity contribution < 1.29 is 0 Å². The van der Waals surface area contributed by atoms with Crippen molar-refractivity contribution in [2.24, 2.45) is 0 Å². The highest BCUT2D eigenvalue weighted by Gasteiger charge is 2.15. The van der Waals surface area contributed by atoms with Gasteiger partial charge in [0.05, 0.1) is 11.4 Å². The van der Waals surface area contributed by atoms with Crippen molar-refractivity contribution in [3.8, 4) is 22.5 Å². The molecular weight excluding hydrogens is 294 g/mol. The summed E-state index contributed by atoms with van der Waals surface area (Å²) in [7, 11) is 0. The molecule has 0 fully saturated rings. The summed E-state index contributed by atoms with van der Waals surface area (Å²) in [5.41, 5.74) is 10.6. The Hall–Kier alpha value is -2.55. The van der Waals surface area contributed by atoms with Gasteiger partial charge in [-0.2, -0.15) is 0 Å². The zero-order chi connectivity index (χ0) is 17.4. The molecule has 0 aliphatic carbocycles. The molecular formula is C21H22N3. The highest BCUT2D eigenvalue weighted by atomic mass is 14.8. The van der Waals surface area contributed by atoms with Gasteiger partial charge >= 0.3 is 0 Å². The van der Waals surface area contributed by atoms with Crippen LogP contribution >= 0.6 is 0 Å².